The van der Waals surface area contributed by atoms with E-state index < -0.39 is 10.0 Å². The molecule has 1 fully saturated rings. The molecule has 8 heteroatoms. The second kappa shape index (κ2) is 9.68. The molecule has 6 nitrogen and oxygen atoms in total. The first-order valence-corrected chi connectivity index (χ1v) is 14.6. The largest absolute Gasteiger partial charge is 0.353 e. The summed E-state index contributed by atoms with van der Waals surface area (Å²) in [6, 6.07) is 9.45. The zero-order chi connectivity index (χ0) is 22.8. The minimum Gasteiger partial charge on any atom is -0.353 e. The minimum atomic E-state index is -3.33. The summed E-state index contributed by atoms with van der Waals surface area (Å²) < 4.78 is 27.7. The summed E-state index contributed by atoms with van der Waals surface area (Å²) >= 11 is 1.85. The van der Waals surface area contributed by atoms with E-state index in [2.05, 4.69) is 11.8 Å². The molecule has 33 heavy (non-hydrogen) atoms. The predicted octanol–water partition coefficient (Wildman–Crippen LogP) is 4.56. The van der Waals surface area contributed by atoms with Crippen LogP contribution < -0.4 is 4.90 Å². The quantitative estimate of drug-likeness (QED) is 0.492. The number of aromatic nitrogens is 2. The smallest absolute Gasteiger partial charge is 0.218 e. The van der Waals surface area contributed by atoms with Crippen molar-refractivity contribution in [1.29, 1.82) is 0 Å². The molecular formula is C25H32N4O2S2. The van der Waals surface area contributed by atoms with Crippen LogP contribution in [0, 0.1) is 0 Å². The van der Waals surface area contributed by atoms with Crippen LogP contribution in [0.15, 0.2) is 30.3 Å². The van der Waals surface area contributed by atoms with Crippen LogP contribution >= 0.6 is 11.3 Å². The SMILES string of the molecule is CCCCc1nc(N2CCN(S(=O)(=O)Cc3ccccc3)CC2)c2c3c(sc2n1)CCCC3. The molecule has 5 rings (SSSR count). The van der Waals surface area contributed by atoms with E-state index >= 15 is 0 Å². The zero-order valence-electron chi connectivity index (χ0n) is 19.3. The maximum Gasteiger partial charge on any atom is 0.218 e. The first-order valence-electron chi connectivity index (χ1n) is 12.1. The van der Waals surface area contributed by atoms with E-state index in [-0.39, 0.29) is 5.75 Å². The van der Waals surface area contributed by atoms with E-state index in [1.807, 2.05) is 41.7 Å². The summed E-state index contributed by atoms with van der Waals surface area (Å²) in [6.45, 7) is 4.52. The number of fused-ring (bicyclic) bond motifs is 3. The molecule has 2 aliphatic rings. The van der Waals surface area contributed by atoms with Crippen molar-refractivity contribution in [2.45, 2.75) is 57.6 Å². The molecule has 0 saturated carbocycles. The average Bonchev–Trinajstić information content (AvgIpc) is 3.21. The first kappa shape index (κ1) is 22.7. The van der Waals surface area contributed by atoms with Gasteiger partial charge in [0.1, 0.15) is 16.5 Å². The van der Waals surface area contributed by atoms with Gasteiger partial charge in [0.15, 0.2) is 0 Å². The fraction of sp³-hybridized carbons (Fsp3) is 0.520. The summed E-state index contributed by atoms with van der Waals surface area (Å²) in [6.07, 6.45) is 7.83. The zero-order valence-corrected chi connectivity index (χ0v) is 20.9. The topological polar surface area (TPSA) is 66.4 Å². The van der Waals surface area contributed by atoms with Gasteiger partial charge in [0.2, 0.25) is 10.0 Å². The summed E-state index contributed by atoms with van der Waals surface area (Å²) in [5, 5.41) is 1.23. The molecule has 0 atom stereocenters. The molecule has 1 aliphatic heterocycles. The molecule has 3 heterocycles. The van der Waals surface area contributed by atoms with E-state index in [9.17, 15) is 8.42 Å². The number of benzene rings is 1. The molecule has 0 bridgehead atoms. The Morgan fingerprint density at radius 3 is 2.52 bits per heavy atom. The first-order chi connectivity index (χ1) is 16.0. The maximum absolute atomic E-state index is 13.0. The van der Waals surface area contributed by atoms with Crippen LogP contribution in [-0.2, 0) is 35.0 Å². The van der Waals surface area contributed by atoms with Crippen molar-refractivity contribution in [1.82, 2.24) is 14.3 Å². The molecule has 1 saturated heterocycles. The highest BCUT2D eigenvalue weighted by Crippen LogP contribution is 2.40. The van der Waals surface area contributed by atoms with Crippen molar-refractivity contribution in [2.75, 3.05) is 31.1 Å². The number of hydrogen-bond acceptors (Lipinski definition) is 6. The van der Waals surface area contributed by atoms with Gasteiger partial charge in [-0.25, -0.2) is 18.4 Å². The van der Waals surface area contributed by atoms with Crippen LogP contribution in [0.4, 0.5) is 5.82 Å². The fourth-order valence-corrected chi connectivity index (χ4v) is 7.70. The summed E-state index contributed by atoms with van der Waals surface area (Å²) in [4.78, 5) is 14.9. The predicted molar refractivity (Wildman–Crippen MR) is 136 cm³/mol. The number of thiophene rings is 1. The third-order valence-electron chi connectivity index (χ3n) is 6.72. The van der Waals surface area contributed by atoms with E-state index in [1.165, 1.54) is 28.7 Å². The normalized spacial score (nSPS) is 17.4. The number of rotatable bonds is 7. The average molecular weight is 485 g/mol. The van der Waals surface area contributed by atoms with Gasteiger partial charge in [-0.3, -0.25) is 0 Å². The van der Waals surface area contributed by atoms with Crippen molar-refractivity contribution in [3.05, 3.63) is 52.2 Å². The fourth-order valence-electron chi connectivity index (χ4n) is 4.91. The molecule has 0 radical (unpaired) electrons. The van der Waals surface area contributed by atoms with Gasteiger partial charge in [-0.2, -0.15) is 4.31 Å². The Kier molecular flexibility index (Phi) is 6.67. The van der Waals surface area contributed by atoms with Gasteiger partial charge in [0.05, 0.1) is 11.1 Å². The Morgan fingerprint density at radius 2 is 1.76 bits per heavy atom. The molecule has 1 aliphatic carbocycles. The molecule has 0 spiro atoms. The van der Waals surface area contributed by atoms with Crippen LogP contribution in [0.1, 0.15) is 54.4 Å². The number of anilines is 1. The van der Waals surface area contributed by atoms with Gasteiger partial charge < -0.3 is 4.90 Å². The van der Waals surface area contributed by atoms with E-state index in [1.54, 1.807) is 4.31 Å². The van der Waals surface area contributed by atoms with Gasteiger partial charge in [0.25, 0.3) is 0 Å². The third kappa shape index (κ3) is 4.79. The minimum absolute atomic E-state index is 0.0603. The van der Waals surface area contributed by atoms with Crippen LogP contribution in [-0.4, -0.2) is 48.9 Å². The lowest BCUT2D eigenvalue weighted by Gasteiger charge is -2.35. The molecule has 2 aromatic heterocycles. The summed E-state index contributed by atoms with van der Waals surface area (Å²) in [5.74, 6) is 2.02. The Bertz CT molecular complexity index is 1220. The standard InChI is InChI=1S/C25H32N4O2S2/c1-2-3-13-22-26-24(23-20-11-7-8-12-21(20)32-25(23)27-22)28-14-16-29(17-15-28)33(30,31)18-19-9-5-4-6-10-19/h4-6,9-10H,2-3,7-8,11-18H2,1H3. The highest BCUT2D eigenvalue weighted by Gasteiger charge is 2.30. The van der Waals surface area contributed by atoms with Gasteiger partial charge in [0, 0.05) is 37.5 Å². The second-order valence-electron chi connectivity index (χ2n) is 9.09. The van der Waals surface area contributed by atoms with Crippen LogP contribution in [0.25, 0.3) is 10.2 Å². The van der Waals surface area contributed by atoms with Gasteiger partial charge in [-0.1, -0.05) is 43.7 Å². The van der Waals surface area contributed by atoms with Crippen molar-refractivity contribution in [2.24, 2.45) is 0 Å². The van der Waals surface area contributed by atoms with Gasteiger partial charge >= 0.3 is 0 Å². The van der Waals surface area contributed by atoms with E-state index in [0.717, 1.165) is 54.1 Å². The Morgan fingerprint density at radius 1 is 1.00 bits per heavy atom. The maximum atomic E-state index is 13.0. The molecule has 0 unspecified atom stereocenters. The summed E-state index contributed by atoms with van der Waals surface area (Å²) in [7, 11) is -3.33. The molecule has 0 N–H and O–H groups in total. The van der Waals surface area contributed by atoms with E-state index in [0.29, 0.717) is 26.2 Å². The molecule has 176 valence electrons. The monoisotopic (exact) mass is 484 g/mol. The van der Waals surface area contributed by atoms with Gasteiger partial charge in [-0.05, 0) is 43.2 Å². The van der Waals surface area contributed by atoms with E-state index in [4.69, 9.17) is 9.97 Å². The summed E-state index contributed by atoms with van der Waals surface area (Å²) in [5.41, 5.74) is 2.28. The number of sulfonamides is 1. The number of aryl methyl sites for hydroxylation is 3. The third-order valence-corrected chi connectivity index (χ3v) is 9.76. The number of unbranched alkanes of at least 4 members (excludes halogenated alkanes) is 1. The molecule has 1 aromatic carbocycles. The van der Waals surface area contributed by atoms with Crippen LogP contribution in [0.5, 0.6) is 0 Å². The lowest BCUT2D eigenvalue weighted by Crippen LogP contribution is -2.49. The van der Waals surface area contributed by atoms with Crippen molar-refractivity contribution >= 4 is 37.4 Å². The van der Waals surface area contributed by atoms with Crippen molar-refractivity contribution in [3.63, 3.8) is 0 Å². The Labute approximate surface area is 200 Å². The Balaban J connectivity index is 1.40. The molecule has 3 aromatic rings. The van der Waals surface area contributed by atoms with Gasteiger partial charge in [-0.15, -0.1) is 11.3 Å². The highest BCUT2D eigenvalue weighted by molar-refractivity contribution is 7.88. The highest BCUT2D eigenvalue weighted by atomic mass is 32.2. The second-order valence-corrected chi connectivity index (χ2v) is 12.1. The number of piperazine rings is 1. The molecular weight excluding hydrogens is 452 g/mol. The van der Waals surface area contributed by atoms with Crippen LogP contribution in [0.3, 0.4) is 0 Å². The number of nitrogens with zero attached hydrogens (tertiary/aromatic N) is 4. The van der Waals surface area contributed by atoms with Crippen molar-refractivity contribution < 1.29 is 8.42 Å². The van der Waals surface area contributed by atoms with Crippen molar-refractivity contribution in [3.8, 4) is 0 Å². The lowest BCUT2D eigenvalue weighted by atomic mass is 9.97. The number of hydrogen-bond donors (Lipinski definition) is 0. The molecule has 0 amide bonds. The van der Waals surface area contributed by atoms with Crippen LogP contribution in [0.2, 0.25) is 0 Å². The Hall–Kier alpha value is -2.03. The lowest BCUT2D eigenvalue weighted by molar-refractivity contribution is 0.383.